The molecule has 0 aliphatic carbocycles. The Labute approximate surface area is 53.1 Å². The zero-order chi connectivity index (χ0) is 6.15. The predicted molar refractivity (Wildman–Crippen MR) is 31.8 cm³/mol. The van der Waals surface area contributed by atoms with Crippen molar-refractivity contribution in [2.24, 2.45) is 7.05 Å². The van der Waals surface area contributed by atoms with Gasteiger partial charge in [0.1, 0.15) is 6.20 Å². The lowest BCUT2D eigenvalue weighted by atomic mass is 10.5. The highest BCUT2D eigenvalue weighted by Crippen LogP contribution is 2.09. The summed E-state index contributed by atoms with van der Waals surface area (Å²) in [5, 5.41) is 4.54. The van der Waals surface area contributed by atoms with Gasteiger partial charge in [-0.1, -0.05) is 11.6 Å². The van der Waals surface area contributed by atoms with Gasteiger partial charge in [-0.3, -0.25) is 4.68 Å². The Morgan fingerprint density at radius 3 is 2.50 bits per heavy atom. The van der Waals surface area contributed by atoms with Crippen LogP contribution in [0.25, 0.3) is 0 Å². The van der Waals surface area contributed by atoms with E-state index in [0.29, 0.717) is 5.02 Å². The lowest BCUT2D eigenvalue weighted by Gasteiger charge is -1.78. The first kappa shape index (κ1) is 5.63. The molecule has 8 heavy (non-hydrogen) atoms. The van der Waals surface area contributed by atoms with Gasteiger partial charge in [0.2, 0.25) is 0 Å². The number of nitrogens with zero attached hydrogens (tertiary/aromatic N) is 2. The summed E-state index contributed by atoms with van der Waals surface area (Å²) in [7, 11) is 1.79. The molecule has 0 fully saturated rings. The molecule has 0 unspecified atom stereocenters. The maximum atomic E-state index is 5.59. The fourth-order valence-electron chi connectivity index (χ4n) is 0.517. The van der Waals surface area contributed by atoms with E-state index in [4.69, 9.17) is 11.6 Å². The summed E-state index contributed by atoms with van der Waals surface area (Å²) in [6.45, 7) is 1.85. The minimum absolute atomic E-state index is 0.604. The third kappa shape index (κ3) is 0.842. The Morgan fingerprint density at radius 2 is 2.38 bits per heavy atom. The normalized spacial score (nSPS) is 9.88. The van der Waals surface area contributed by atoms with E-state index in [1.54, 1.807) is 11.7 Å². The number of aromatic nitrogens is 2. The maximum Gasteiger partial charge on any atom is 0.106 e. The van der Waals surface area contributed by atoms with Crippen molar-refractivity contribution in [2.45, 2.75) is 6.92 Å². The summed E-state index contributed by atoms with van der Waals surface area (Å²) >= 11 is 5.59. The Balaban J connectivity index is 3.14. The highest BCUT2D eigenvalue weighted by molar-refractivity contribution is 6.30. The molecule has 3 heteroatoms. The summed E-state index contributed by atoms with van der Waals surface area (Å²) in [6, 6.07) is 0. The Hall–Kier alpha value is -0.500. The molecule has 0 saturated heterocycles. The number of hydrogen-bond donors (Lipinski definition) is 0. The second kappa shape index (κ2) is 1.78. The van der Waals surface area contributed by atoms with E-state index in [-0.39, 0.29) is 0 Å². The zero-order valence-corrected chi connectivity index (χ0v) is 5.53. The molecule has 0 bridgehead atoms. The Kier molecular flexibility index (Phi) is 1.26. The third-order valence-electron chi connectivity index (χ3n) is 0.878. The third-order valence-corrected chi connectivity index (χ3v) is 1.24. The standard InChI is InChI=1S/C5H6ClN2/c1-4-5(6)3-8(2)7-4/h1-2H3. The smallest absolute Gasteiger partial charge is 0.106 e. The molecule has 0 N–H and O–H groups in total. The van der Waals surface area contributed by atoms with Crippen LogP contribution in [0.4, 0.5) is 0 Å². The SMILES string of the molecule is Cc1nn(C)[c]c1Cl. The van der Waals surface area contributed by atoms with Crippen LogP contribution < -0.4 is 0 Å². The first-order chi connectivity index (χ1) is 3.70. The molecule has 0 saturated carbocycles. The molecule has 1 aromatic rings. The van der Waals surface area contributed by atoms with Crippen molar-refractivity contribution in [3.63, 3.8) is 0 Å². The van der Waals surface area contributed by atoms with Gasteiger partial charge in [-0.2, -0.15) is 5.10 Å². The van der Waals surface area contributed by atoms with Crippen LogP contribution in [0.3, 0.4) is 0 Å². The second-order valence-corrected chi connectivity index (χ2v) is 2.01. The van der Waals surface area contributed by atoms with E-state index in [1.807, 2.05) is 6.92 Å². The van der Waals surface area contributed by atoms with Gasteiger partial charge in [-0.15, -0.1) is 0 Å². The number of halogens is 1. The highest BCUT2D eigenvalue weighted by Gasteiger charge is 1.96. The van der Waals surface area contributed by atoms with Crippen molar-refractivity contribution >= 4 is 11.6 Å². The van der Waals surface area contributed by atoms with Crippen LogP contribution in [0.5, 0.6) is 0 Å². The first-order valence-corrected chi connectivity index (χ1v) is 2.66. The quantitative estimate of drug-likeness (QED) is 0.515. The van der Waals surface area contributed by atoms with Crippen molar-refractivity contribution in [1.82, 2.24) is 9.78 Å². The van der Waals surface area contributed by atoms with Gasteiger partial charge >= 0.3 is 0 Å². The summed E-state index contributed by atoms with van der Waals surface area (Å²) in [6.07, 6.45) is 2.78. The fourth-order valence-corrected chi connectivity index (χ4v) is 0.677. The van der Waals surface area contributed by atoms with E-state index in [0.717, 1.165) is 5.69 Å². The van der Waals surface area contributed by atoms with E-state index in [1.165, 1.54) is 0 Å². The van der Waals surface area contributed by atoms with Crippen molar-refractivity contribution in [2.75, 3.05) is 0 Å². The van der Waals surface area contributed by atoms with Crippen molar-refractivity contribution in [3.05, 3.63) is 16.9 Å². The summed E-state index contributed by atoms with van der Waals surface area (Å²) in [5.41, 5.74) is 0.828. The van der Waals surface area contributed by atoms with Gasteiger partial charge in [-0.25, -0.2) is 0 Å². The van der Waals surface area contributed by atoms with Crippen molar-refractivity contribution < 1.29 is 0 Å². The van der Waals surface area contributed by atoms with Gasteiger partial charge < -0.3 is 0 Å². The van der Waals surface area contributed by atoms with Gasteiger partial charge in [-0.05, 0) is 6.92 Å². The average molecular weight is 130 g/mol. The van der Waals surface area contributed by atoms with Crippen molar-refractivity contribution in [3.8, 4) is 0 Å². The van der Waals surface area contributed by atoms with E-state index < -0.39 is 0 Å². The molecule has 2 nitrogen and oxygen atoms in total. The minimum Gasteiger partial charge on any atom is -0.264 e. The van der Waals surface area contributed by atoms with Crippen molar-refractivity contribution in [1.29, 1.82) is 0 Å². The Bertz CT molecular complexity index is 173. The lowest BCUT2D eigenvalue weighted by molar-refractivity contribution is 0.751. The molecule has 0 aliphatic rings. The monoisotopic (exact) mass is 129 g/mol. The van der Waals surface area contributed by atoms with Gasteiger partial charge in [0.15, 0.2) is 0 Å². The van der Waals surface area contributed by atoms with E-state index in [2.05, 4.69) is 11.3 Å². The second-order valence-electron chi connectivity index (χ2n) is 1.63. The highest BCUT2D eigenvalue weighted by atomic mass is 35.5. The number of rotatable bonds is 0. The van der Waals surface area contributed by atoms with Gasteiger partial charge in [0.25, 0.3) is 0 Å². The topological polar surface area (TPSA) is 17.8 Å². The number of hydrogen-bond acceptors (Lipinski definition) is 1. The summed E-state index contributed by atoms with van der Waals surface area (Å²) < 4.78 is 1.57. The van der Waals surface area contributed by atoms with Crippen LogP contribution in [-0.4, -0.2) is 9.78 Å². The summed E-state index contributed by atoms with van der Waals surface area (Å²) in [5.74, 6) is 0. The molecule has 1 radical (unpaired) electrons. The van der Waals surface area contributed by atoms with Crippen LogP contribution in [0.1, 0.15) is 5.69 Å². The Morgan fingerprint density at radius 1 is 1.75 bits per heavy atom. The fraction of sp³-hybridized carbons (Fsp3) is 0.400. The molecule has 1 heterocycles. The molecular formula is C5H6ClN2. The minimum atomic E-state index is 0.604. The van der Waals surface area contributed by atoms with Crippen LogP contribution in [-0.2, 0) is 7.05 Å². The molecule has 43 valence electrons. The molecule has 0 spiro atoms. The lowest BCUT2D eigenvalue weighted by Crippen LogP contribution is -1.86. The molecular weight excluding hydrogens is 124 g/mol. The first-order valence-electron chi connectivity index (χ1n) is 2.28. The van der Waals surface area contributed by atoms with Gasteiger partial charge in [0.05, 0.1) is 10.7 Å². The van der Waals surface area contributed by atoms with E-state index >= 15 is 0 Å². The molecule has 1 aromatic heterocycles. The van der Waals surface area contributed by atoms with Crippen LogP contribution in [0.15, 0.2) is 0 Å². The molecule has 0 amide bonds. The molecule has 0 aromatic carbocycles. The average Bonchev–Trinajstić information content (AvgIpc) is 1.85. The van der Waals surface area contributed by atoms with Crippen LogP contribution >= 0.6 is 11.6 Å². The van der Waals surface area contributed by atoms with Crippen LogP contribution in [0, 0.1) is 13.1 Å². The largest absolute Gasteiger partial charge is 0.264 e. The predicted octanol–water partition coefficient (Wildman–Crippen LogP) is 1.18. The molecule has 0 aliphatic heterocycles. The molecule has 0 atom stereocenters. The van der Waals surface area contributed by atoms with Crippen LogP contribution in [0.2, 0.25) is 5.02 Å². The number of aryl methyl sites for hydroxylation is 2. The zero-order valence-electron chi connectivity index (χ0n) is 4.77. The van der Waals surface area contributed by atoms with E-state index in [9.17, 15) is 0 Å². The van der Waals surface area contributed by atoms with Gasteiger partial charge in [0, 0.05) is 7.05 Å². The maximum absolute atomic E-state index is 5.59. The molecule has 1 rings (SSSR count). The summed E-state index contributed by atoms with van der Waals surface area (Å²) in [4.78, 5) is 0.